The Morgan fingerprint density at radius 1 is 1.33 bits per heavy atom. The second kappa shape index (κ2) is 3.72. The van der Waals surface area contributed by atoms with Crippen molar-refractivity contribution in [2.45, 2.75) is 31.3 Å². The van der Waals surface area contributed by atoms with E-state index in [2.05, 4.69) is 0 Å². The molecule has 0 unspecified atom stereocenters. The molecular formula is C11H11ClF2O. The maximum atomic E-state index is 13.4. The first-order valence-electron chi connectivity index (χ1n) is 4.87. The van der Waals surface area contributed by atoms with E-state index in [0.717, 1.165) is 18.9 Å². The monoisotopic (exact) mass is 232 g/mol. The third-order valence-corrected chi connectivity index (χ3v) is 3.15. The van der Waals surface area contributed by atoms with Crippen molar-refractivity contribution in [3.05, 3.63) is 34.4 Å². The average Bonchev–Trinajstić information content (AvgIpc) is 2.93. The molecule has 1 aromatic carbocycles. The lowest BCUT2D eigenvalue weighted by Crippen LogP contribution is -2.08. The van der Waals surface area contributed by atoms with Gasteiger partial charge in [0.2, 0.25) is 0 Å². The van der Waals surface area contributed by atoms with E-state index in [4.69, 9.17) is 11.6 Å². The molecule has 0 heterocycles. The first kappa shape index (κ1) is 10.8. The number of rotatable bonds is 3. The molecule has 15 heavy (non-hydrogen) atoms. The van der Waals surface area contributed by atoms with E-state index in [1.54, 1.807) is 0 Å². The van der Waals surface area contributed by atoms with Crippen LogP contribution in [0.5, 0.6) is 0 Å². The Morgan fingerprint density at radius 2 is 2.00 bits per heavy atom. The molecule has 1 aromatic rings. The summed E-state index contributed by atoms with van der Waals surface area (Å²) in [7, 11) is 0. The van der Waals surface area contributed by atoms with Gasteiger partial charge in [0.15, 0.2) is 0 Å². The molecule has 1 aliphatic carbocycles. The predicted octanol–water partition coefficient (Wildman–Crippen LogP) is 3.08. The van der Waals surface area contributed by atoms with E-state index < -0.39 is 22.3 Å². The molecule has 2 rings (SSSR count). The highest BCUT2D eigenvalue weighted by Crippen LogP contribution is 2.39. The molecule has 1 aliphatic rings. The molecule has 0 aromatic heterocycles. The molecule has 1 saturated carbocycles. The highest BCUT2D eigenvalue weighted by molar-refractivity contribution is 6.30. The number of halogens is 3. The van der Waals surface area contributed by atoms with Crippen molar-refractivity contribution >= 4 is 11.6 Å². The van der Waals surface area contributed by atoms with Gasteiger partial charge in [0.1, 0.15) is 16.7 Å². The summed E-state index contributed by atoms with van der Waals surface area (Å²) in [4.78, 5) is 0. The molecule has 82 valence electrons. The smallest absolute Gasteiger partial charge is 0.147 e. The van der Waals surface area contributed by atoms with Gasteiger partial charge in [-0.15, -0.1) is 0 Å². The lowest BCUT2D eigenvalue weighted by molar-refractivity contribution is 0.140. The van der Waals surface area contributed by atoms with Gasteiger partial charge in [-0.25, -0.2) is 8.78 Å². The molecule has 1 N–H and O–H groups in total. The number of hydrogen-bond acceptors (Lipinski definition) is 1. The Morgan fingerprint density at radius 3 is 2.60 bits per heavy atom. The summed E-state index contributed by atoms with van der Waals surface area (Å²) in [6, 6.07) is 2.53. The van der Waals surface area contributed by atoms with Crippen LogP contribution in [0.3, 0.4) is 0 Å². The Balaban J connectivity index is 2.11. The summed E-state index contributed by atoms with van der Waals surface area (Å²) in [6.07, 6.45) is 2.43. The second-order valence-corrected chi connectivity index (χ2v) is 4.44. The summed E-state index contributed by atoms with van der Waals surface area (Å²) in [5, 5.41) is 9.11. The number of benzene rings is 1. The van der Waals surface area contributed by atoms with E-state index in [9.17, 15) is 13.9 Å². The minimum absolute atomic E-state index is 0.363. The van der Waals surface area contributed by atoms with Crippen molar-refractivity contribution in [1.29, 1.82) is 0 Å². The summed E-state index contributed by atoms with van der Waals surface area (Å²) in [5.74, 6) is -1.45. The second-order valence-electron chi connectivity index (χ2n) is 4.06. The van der Waals surface area contributed by atoms with Gasteiger partial charge >= 0.3 is 0 Å². The highest BCUT2D eigenvalue weighted by Gasteiger charge is 2.39. The van der Waals surface area contributed by atoms with E-state index >= 15 is 0 Å². The Hall–Kier alpha value is -0.670. The topological polar surface area (TPSA) is 20.2 Å². The summed E-state index contributed by atoms with van der Waals surface area (Å²) >= 11 is 5.44. The first-order chi connectivity index (χ1) is 7.02. The Labute approximate surface area is 91.7 Å². The molecule has 1 nitrogen and oxygen atoms in total. The lowest BCUT2D eigenvalue weighted by atomic mass is 10.1. The first-order valence-corrected chi connectivity index (χ1v) is 5.24. The summed E-state index contributed by atoms with van der Waals surface area (Å²) in [6.45, 7) is 0. The van der Waals surface area contributed by atoms with Gasteiger partial charge in [-0.2, -0.15) is 0 Å². The van der Waals surface area contributed by atoms with Crippen molar-refractivity contribution in [3.63, 3.8) is 0 Å². The molecule has 0 spiro atoms. The highest BCUT2D eigenvalue weighted by atomic mass is 35.5. The van der Waals surface area contributed by atoms with E-state index in [-0.39, 0.29) is 0 Å². The third-order valence-electron chi connectivity index (χ3n) is 2.80. The SMILES string of the molecule is OC1(CCc2ccc(F)c(Cl)c2F)CC1. The molecule has 0 radical (unpaired) electrons. The van der Waals surface area contributed by atoms with Crippen LogP contribution in [0.1, 0.15) is 24.8 Å². The minimum atomic E-state index is -0.747. The molecule has 1 fully saturated rings. The van der Waals surface area contributed by atoms with Gasteiger partial charge in [-0.1, -0.05) is 17.7 Å². The van der Waals surface area contributed by atoms with E-state index in [1.165, 1.54) is 6.07 Å². The van der Waals surface area contributed by atoms with Crippen molar-refractivity contribution in [2.75, 3.05) is 0 Å². The summed E-state index contributed by atoms with van der Waals surface area (Å²) in [5.41, 5.74) is -0.255. The van der Waals surface area contributed by atoms with Crippen molar-refractivity contribution < 1.29 is 13.9 Å². The van der Waals surface area contributed by atoms with Gasteiger partial charge < -0.3 is 5.11 Å². The average molecular weight is 233 g/mol. The van der Waals surface area contributed by atoms with Gasteiger partial charge in [0, 0.05) is 0 Å². The van der Waals surface area contributed by atoms with Crippen LogP contribution in [-0.4, -0.2) is 10.7 Å². The van der Waals surface area contributed by atoms with Gasteiger partial charge in [-0.3, -0.25) is 0 Å². The molecule has 0 saturated heterocycles. The third kappa shape index (κ3) is 2.29. The van der Waals surface area contributed by atoms with E-state index in [1.807, 2.05) is 0 Å². The largest absolute Gasteiger partial charge is 0.390 e. The van der Waals surface area contributed by atoms with Gasteiger partial charge in [-0.05, 0) is 37.3 Å². The van der Waals surface area contributed by atoms with Gasteiger partial charge in [0.25, 0.3) is 0 Å². The molecule has 0 aliphatic heterocycles. The zero-order chi connectivity index (χ0) is 11.1. The van der Waals surface area contributed by atoms with Crippen LogP contribution in [0.15, 0.2) is 12.1 Å². The van der Waals surface area contributed by atoms with Crippen LogP contribution in [0.4, 0.5) is 8.78 Å². The number of hydrogen-bond donors (Lipinski definition) is 1. The summed E-state index contributed by atoms with van der Waals surface area (Å²) < 4.78 is 26.2. The predicted molar refractivity (Wildman–Crippen MR) is 53.9 cm³/mol. The molecule has 0 atom stereocenters. The van der Waals surface area contributed by atoms with E-state index in [0.29, 0.717) is 18.4 Å². The van der Waals surface area contributed by atoms with Crippen molar-refractivity contribution in [3.8, 4) is 0 Å². The van der Waals surface area contributed by atoms with Crippen LogP contribution >= 0.6 is 11.6 Å². The molecule has 4 heteroatoms. The zero-order valence-corrected chi connectivity index (χ0v) is 8.82. The number of aliphatic hydroxyl groups is 1. The zero-order valence-electron chi connectivity index (χ0n) is 8.06. The lowest BCUT2D eigenvalue weighted by Gasteiger charge is -2.08. The van der Waals surface area contributed by atoms with Crippen molar-refractivity contribution in [1.82, 2.24) is 0 Å². The minimum Gasteiger partial charge on any atom is -0.390 e. The van der Waals surface area contributed by atoms with Gasteiger partial charge in [0.05, 0.1) is 5.60 Å². The van der Waals surface area contributed by atoms with Crippen LogP contribution < -0.4 is 0 Å². The maximum absolute atomic E-state index is 13.4. The fourth-order valence-corrected chi connectivity index (χ4v) is 1.70. The maximum Gasteiger partial charge on any atom is 0.147 e. The van der Waals surface area contributed by atoms with Crippen molar-refractivity contribution in [2.24, 2.45) is 0 Å². The van der Waals surface area contributed by atoms with Crippen LogP contribution in [0.25, 0.3) is 0 Å². The standard InChI is InChI=1S/C11H11ClF2O/c12-9-8(13)2-1-7(10(9)14)3-4-11(15)5-6-11/h1-2,15H,3-6H2. The van der Waals surface area contributed by atoms with Crippen LogP contribution in [-0.2, 0) is 6.42 Å². The molecular weight excluding hydrogens is 222 g/mol. The number of aryl methyl sites for hydroxylation is 1. The molecule has 0 amide bonds. The fourth-order valence-electron chi connectivity index (χ4n) is 1.52. The normalized spacial score (nSPS) is 17.9. The quantitative estimate of drug-likeness (QED) is 0.794. The van der Waals surface area contributed by atoms with Crippen LogP contribution in [0, 0.1) is 11.6 Å². The fraction of sp³-hybridized carbons (Fsp3) is 0.455. The Bertz CT molecular complexity index is 388. The Kier molecular flexibility index (Phi) is 2.69. The molecule has 0 bridgehead atoms. The van der Waals surface area contributed by atoms with Crippen LogP contribution in [0.2, 0.25) is 5.02 Å².